The van der Waals surface area contributed by atoms with Crippen LogP contribution < -0.4 is 5.32 Å². The largest absolute Gasteiger partial charge is 0.468 e. The number of aromatic nitrogens is 1. The number of hydrogen-bond acceptors (Lipinski definition) is 6. The van der Waals surface area contributed by atoms with E-state index < -0.39 is 6.04 Å². The third-order valence-electron chi connectivity index (χ3n) is 2.96. The molecule has 108 valence electrons. The van der Waals surface area contributed by atoms with Gasteiger partial charge in [-0.3, -0.25) is 9.78 Å². The van der Waals surface area contributed by atoms with Gasteiger partial charge in [-0.1, -0.05) is 11.2 Å². The van der Waals surface area contributed by atoms with Crippen LogP contribution in [0, 0.1) is 0 Å². The number of methoxy groups -OCH3 is 1. The fourth-order valence-corrected chi connectivity index (χ4v) is 2.38. The van der Waals surface area contributed by atoms with Crippen LogP contribution in [0.1, 0.15) is 18.4 Å². The molecular formula is C13H16BrN3O3. The minimum atomic E-state index is -0.432. The molecule has 1 N–H and O–H groups in total. The third kappa shape index (κ3) is 4.28. The molecule has 0 radical (unpaired) electrons. The highest BCUT2D eigenvalue weighted by molar-refractivity contribution is 9.18. The number of esters is 1. The molecule has 0 aliphatic carbocycles. The van der Waals surface area contributed by atoms with Crippen LogP contribution in [-0.2, 0) is 20.9 Å². The van der Waals surface area contributed by atoms with Crippen LogP contribution in [0.5, 0.6) is 0 Å². The Kier molecular flexibility index (Phi) is 5.49. The first kappa shape index (κ1) is 14.9. The first-order chi connectivity index (χ1) is 9.69. The van der Waals surface area contributed by atoms with Gasteiger partial charge >= 0.3 is 5.97 Å². The number of ether oxygens (including phenoxy) is 1. The van der Waals surface area contributed by atoms with Gasteiger partial charge in [0.2, 0.25) is 0 Å². The summed E-state index contributed by atoms with van der Waals surface area (Å²) in [6, 6.07) is 3.37. The summed E-state index contributed by atoms with van der Waals surface area (Å²) >= 11 is 3.28. The lowest BCUT2D eigenvalue weighted by Crippen LogP contribution is -2.40. The molecular weight excluding hydrogens is 326 g/mol. The van der Waals surface area contributed by atoms with Crippen LogP contribution in [-0.4, -0.2) is 34.8 Å². The molecule has 1 aromatic heterocycles. The smallest absolute Gasteiger partial charge is 0.323 e. The summed E-state index contributed by atoms with van der Waals surface area (Å²) in [5.74, 6) is -0.305. The van der Waals surface area contributed by atoms with E-state index in [1.807, 2.05) is 12.1 Å². The summed E-state index contributed by atoms with van der Waals surface area (Å²) in [4.78, 5) is 21.1. The minimum Gasteiger partial charge on any atom is -0.468 e. The van der Waals surface area contributed by atoms with Gasteiger partial charge in [0.1, 0.15) is 16.8 Å². The second-order valence-electron chi connectivity index (χ2n) is 4.45. The van der Waals surface area contributed by atoms with Crippen molar-refractivity contribution in [2.24, 2.45) is 5.16 Å². The van der Waals surface area contributed by atoms with E-state index >= 15 is 0 Å². The van der Waals surface area contributed by atoms with E-state index in [9.17, 15) is 4.79 Å². The first-order valence-corrected chi connectivity index (χ1v) is 7.06. The topological polar surface area (TPSA) is 72.8 Å². The highest BCUT2D eigenvalue weighted by atomic mass is 79.9. The molecule has 1 aliphatic heterocycles. The fraction of sp³-hybridized carbons (Fsp3) is 0.462. The number of oxime groups is 1. The standard InChI is InChI=1S/C13H16BrN3O3/c1-19-13(18)11(5-10-6-12(14)17-20-10)16-8-9-3-2-4-15-7-9/h2-4,7,10-11,16H,5-6,8H2,1H3. The summed E-state index contributed by atoms with van der Waals surface area (Å²) in [5.41, 5.74) is 1.01. The third-order valence-corrected chi connectivity index (χ3v) is 3.43. The molecule has 20 heavy (non-hydrogen) atoms. The summed E-state index contributed by atoms with van der Waals surface area (Å²) in [6.45, 7) is 0.544. The average molecular weight is 342 g/mol. The molecule has 0 saturated heterocycles. The number of carbonyl (C=O) groups excluding carboxylic acids is 1. The Hall–Kier alpha value is -1.47. The number of carbonyl (C=O) groups is 1. The lowest BCUT2D eigenvalue weighted by molar-refractivity contribution is -0.144. The van der Waals surface area contributed by atoms with Gasteiger partial charge in [-0.05, 0) is 27.6 Å². The number of pyridine rings is 1. The molecule has 0 saturated carbocycles. The van der Waals surface area contributed by atoms with Crippen LogP contribution in [0.3, 0.4) is 0 Å². The van der Waals surface area contributed by atoms with E-state index in [0.29, 0.717) is 19.4 Å². The molecule has 1 aliphatic rings. The average Bonchev–Trinajstić information content (AvgIpc) is 2.89. The number of halogens is 1. The van der Waals surface area contributed by atoms with Crippen LogP contribution in [0.2, 0.25) is 0 Å². The monoisotopic (exact) mass is 341 g/mol. The number of nitrogens with zero attached hydrogens (tertiary/aromatic N) is 2. The highest BCUT2D eigenvalue weighted by Crippen LogP contribution is 2.19. The lowest BCUT2D eigenvalue weighted by Gasteiger charge is -2.18. The predicted molar refractivity (Wildman–Crippen MR) is 77.3 cm³/mol. The van der Waals surface area contributed by atoms with Crippen molar-refractivity contribution < 1.29 is 14.4 Å². The van der Waals surface area contributed by atoms with Gasteiger partial charge in [0, 0.05) is 31.8 Å². The molecule has 2 atom stereocenters. The number of nitrogens with one attached hydrogen (secondary N) is 1. The molecule has 2 heterocycles. The van der Waals surface area contributed by atoms with Crippen molar-refractivity contribution in [3.05, 3.63) is 30.1 Å². The SMILES string of the molecule is COC(=O)C(CC1CC(Br)=NO1)NCc1cccnc1. The van der Waals surface area contributed by atoms with Crippen LogP contribution in [0.15, 0.2) is 29.7 Å². The van der Waals surface area contributed by atoms with Gasteiger partial charge in [0.15, 0.2) is 0 Å². The van der Waals surface area contributed by atoms with Gasteiger partial charge in [0.25, 0.3) is 0 Å². The van der Waals surface area contributed by atoms with Gasteiger partial charge in [-0.25, -0.2) is 0 Å². The zero-order valence-electron chi connectivity index (χ0n) is 11.1. The molecule has 1 aromatic rings. The maximum absolute atomic E-state index is 11.8. The Morgan fingerprint density at radius 1 is 1.70 bits per heavy atom. The molecule has 0 fully saturated rings. The van der Waals surface area contributed by atoms with E-state index in [1.54, 1.807) is 12.4 Å². The Bertz CT molecular complexity index is 481. The van der Waals surface area contributed by atoms with Crippen molar-refractivity contribution in [3.63, 3.8) is 0 Å². The Labute approximate surface area is 125 Å². The predicted octanol–water partition coefficient (Wildman–Crippen LogP) is 1.60. The molecule has 7 heteroatoms. The van der Waals surface area contributed by atoms with Crippen molar-refractivity contribution in [1.29, 1.82) is 0 Å². The van der Waals surface area contributed by atoms with Gasteiger partial charge in [-0.15, -0.1) is 0 Å². The summed E-state index contributed by atoms with van der Waals surface area (Å²) in [7, 11) is 1.38. The van der Waals surface area contributed by atoms with Gasteiger partial charge in [0.05, 0.1) is 7.11 Å². The van der Waals surface area contributed by atoms with E-state index in [2.05, 4.69) is 31.4 Å². The van der Waals surface area contributed by atoms with Crippen molar-refractivity contribution in [3.8, 4) is 0 Å². The number of rotatable bonds is 6. The molecule has 0 bridgehead atoms. The molecule has 6 nitrogen and oxygen atoms in total. The van der Waals surface area contributed by atoms with E-state index in [1.165, 1.54) is 7.11 Å². The number of hydrogen-bond donors (Lipinski definition) is 1. The molecule has 0 aromatic carbocycles. The molecule has 2 rings (SSSR count). The Morgan fingerprint density at radius 2 is 2.55 bits per heavy atom. The van der Waals surface area contributed by atoms with E-state index in [-0.39, 0.29) is 12.1 Å². The summed E-state index contributed by atoms with van der Waals surface area (Å²) in [6.07, 6.45) is 4.53. The summed E-state index contributed by atoms with van der Waals surface area (Å²) < 4.78 is 5.58. The highest BCUT2D eigenvalue weighted by Gasteiger charge is 2.28. The molecule has 0 amide bonds. The second-order valence-corrected chi connectivity index (χ2v) is 5.37. The van der Waals surface area contributed by atoms with Crippen molar-refractivity contribution >= 4 is 26.5 Å². The maximum atomic E-state index is 11.8. The Balaban J connectivity index is 1.89. The van der Waals surface area contributed by atoms with Crippen LogP contribution in [0.25, 0.3) is 0 Å². The van der Waals surface area contributed by atoms with Crippen molar-refractivity contribution in [1.82, 2.24) is 10.3 Å². The fourth-order valence-electron chi connectivity index (χ4n) is 1.93. The molecule has 2 unspecified atom stereocenters. The summed E-state index contributed by atoms with van der Waals surface area (Å²) in [5, 5.41) is 6.99. The zero-order chi connectivity index (χ0) is 14.4. The second kappa shape index (κ2) is 7.35. The van der Waals surface area contributed by atoms with Gasteiger partial charge < -0.3 is 14.9 Å². The maximum Gasteiger partial charge on any atom is 0.323 e. The van der Waals surface area contributed by atoms with Crippen LogP contribution in [0.4, 0.5) is 0 Å². The van der Waals surface area contributed by atoms with E-state index in [4.69, 9.17) is 9.57 Å². The zero-order valence-corrected chi connectivity index (χ0v) is 12.7. The first-order valence-electron chi connectivity index (χ1n) is 6.27. The van der Waals surface area contributed by atoms with Gasteiger partial charge in [-0.2, -0.15) is 0 Å². The quantitative estimate of drug-likeness (QED) is 0.795. The van der Waals surface area contributed by atoms with E-state index in [0.717, 1.165) is 10.2 Å². The van der Waals surface area contributed by atoms with Crippen molar-refractivity contribution in [2.75, 3.05) is 7.11 Å². The minimum absolute atomic E-state index is 0.116. The molecule has 0 spiro atoms. The normalized spacial score (nSPS) is 19.1. The Morgan fingerprint density at radius 3 is 3.15 bits per heavy atom. The lowest BCUT2D eigenvalue weighted by atomic mass is 10.1. The van der Waals surface area contributed by atoms with Crippen LogP contribution >= 0.6 is 15.9 Å². The van der Waals surface area contributed by atoms with Crippen molar-refractivity contribution in [2.45, 2.75) is 31.5 Å².